The van der Waals surface area contributed by atoms with Crippen LogP contribution < -0.4 is 5.32 Å². The molecule has 2 rings (SSSR count). The van der Waals surface area contributed by atoms with Crippen LogP contribution in [0.4, 0.5) is 10.1 Å². The van der Waals surface area contributed by atoms with Crippen LogP contribution in [0.1, 0.15) is 12.0 Å². The molecule has 0 aromatic heterocycles. The molecule has 1 N–H and O–H groups in total. The predicted octanol–water partition coefficient (Wildman–Crippen LogP) is 3.76. The van der Waals surface area contributed by atoms with Gasteiger partial charge in [-0.2, -0.15) is 0 Å². The summed E-state index contributed by atoms with van der Waals surface area (Å²) in [5.74, 6) is -0.540. The van der Waals surface area contributed by atoms with Gasteiger partial charge in [0.2, 0.25) is 5.91 Å². The lowest BCUT2D eigenvalue weighted by Gasteiger charge is -2.07. The van der Waals surface area contributed by atoms with Crippen LogP contribution in [0.2, 0.25) is 5.02 Å². The number of hydrogen-bond donors (Lipinski definition) is 1. The molecule has 0 heterocycles. The smallest absolute Gasteiger partial charge is 0.225 e. The Morgan fingerprint density at radius 3 is 2.55 bits per heavy atom. The molecule has 0 aliphatic rings. The first-order valence-electron chi connectivity index (χ1n) is 6.69. The van der Waals surface area contributed by atoms with Crippen molar-refractivity contribution in [2.24, 2.45) is 0 Å². The van der Waals surface area contributed by atoms with Crippen molar-refractivity contribution in [1.29, 1.82) is 0 Å². The lowest BCUT2D eigenvalue weighted by Crippen LogP contribution is -2.15. The molecule has 0 fully saturated rings. The molecular weight excluding hydrogens is 325 g/mol. The number of hydrogen-bond acceptors (Lipinski definition) is 2. The highest BCUT2D eigenvalue weighted by Gasteiger charge is 2.12. The molecule has 1 amide bonds. The van der Waals surface area contributed by atoms with E-state index in [9.17, 15) is 13.4 Å². The highest BCUT2D eigenvalue weighted by atomic mass is 35.5. The number of amides is 1. The molecule has 0 saturated heterocycles. The third kappa shape index (κ3) is 4.93. The second kappa shape index (κ2) is 8.06. The SMILES string of the molecule is O=C(CCS(=O)Cc1c(F)cccc1Cl)Nc1ccccc1. The zero-order valence-electron chi connectivity index (χ0n) is 11.7. The number of benzene rings is 2. The Hall–Kier alpha value is -1.72. The van der Waals surface area contributed by atoms with Gasteiger partial charge in [0, 0.05) is 39.2 Å². The first kappa shape index (κ1) is 16.6. The first-order valence-corrected chi connectivity index (χ1v) is 8.55. The Balaban J connectivity index is 1.84. The van der Waals surface area contributed by atoms with E-state index in [1.807, 2.05) is 18.2 Å². The van der Waals surface area contributed by atoms with Gasteiger partial charge >= 0.3 is 0 Å². The summed E-state index contributed by atoms with van der Waals surface area (Å²) in [5.41, 5.74) is 0.918. The molecule has 0 aliphatic carbocycles. The monoisotopic (exact) mass is 339 g/mol. The van der Waals surface area contributed by atoms with Gasteiger partial charge in [0.25, 0.3) is 0 Å². The van der Waals surface area contributed by atoms with Gasteiger partial charge in [-0.05, 0) is 24.3 Å². The molecule has 3 nitrogen and oxygen atoms in total. The Morgan fingerprint density at radius 2 is 1.86 bits per heavy atom. The number of halogens is 2. The van der Waals surface area contributed by atoms with E-state index in [-0.39, 0.29) is 34.4 Å². The van der Waals surface area contributed by atoms with E-state index in [4.69, 9.17) is 11.6 Å². The fourth-order valence-electron chi connectivity index (χ4n) is 1.85. The van der Waals surface area contributed by atoms with Crippen molar-refractivity contribution in [3.8, 4) is 0 Å². The largest absolute Gasteiger partial charge is 0.326 e. The molecule has 0 aliphatic heterocycles. The minimum atomic E-state index is -1.36. The fourth-order valence-corrected chi connectivity index (χ4v) is 3.34. The molecule has 1 unspecified atom stereocenters. The number of nitrogens with one attached hydrogen (secondary N) is 1. The van der Waals surface area contributed by atoms with E-state index in [1.54, 1.807) is 18.2 Å². The minimum Gasteiger partial charge on any atom is -0.326 e. The zero-order valence-corrected chi connectivity index (χ0v) is 13.3. The molecule has 0 bridgehead atoms. The topological polar surface area (TPSA) is 46.2 Å². The first-order chi connectivity index (χ1) is 10.6. The van der Waals surface area contributed by atoms with Crippen molar-refractivity contribution >= 4 is 34.0 Å². The van der Waals surface area contributed by atoms with Gasteiger partial charge in [-0.15, -0.1) is 0 Å². The second-order valence-corrected chi connectivity index (χ2v) is 6.64. The van der Waals surface area contributed by atoms with Gasteiger partial charge in [0.15, 0.2) is 0 Å². The summed E-state index contributed by atoms with van der Waals surface area (Å²) >= 11 is 5.89. The van der Waals surface area contributed by atoms with Crippen molar-refractivity contribution in [1.82, 2.24) is 0 Å². The molecule has 2 aromatic rings. The molecule has 0 spiro atoms. The van der Waals surface area contributed by atoms with Crippen LogP contribution in [0.25, 0.3) is 0 Å². The molecule has 22 heavy (non-hydrogen) atoms. The van der Waals surface area contributed by atoms with Gasteiger partial charge in [-0.1, -0.05) is 35.9 Å². The Bertz CT molecular complexity index is 659. The van der Waals surface area contributed by atoms with E-state index in [1.165, 1.54) is 12.1 Å². The quantitative estimate of drug-likeness (QED) is 0.871. The van der Waals surface area contributed by atoms with Crippen LogP contribution in [0, 0.1) is 5.82 Å². The van der Waals surface area contributed by atoms with Gasteiger partial charge in [-0.3, -0.25) is 9.00 Å². The summed E-state index contributed by atoms with van der Waals surface area (Å²) in [4.78, 5) is 11.8. The van der Waals surface area contributed by atoms with Crippen LogP contribution in [0.5, 0.6) is 0 Å². The van der Waals surface area contributed by atoms with Crippen LogP contribution >= 0.6 is 11.6 Å². The van der Waals surface area contributed by atoms with Crippen molar-refractivity contribution in [3.63, 3.8) is 0 Å². The van der Waals surface area contributed by atoms with Crippen LogP contribution in [-0.4, -0.2) is 15.9 Å². The van der Waals surface area contributed by atoms with Gasteiger partial charge < -0.3 is 5.32 Å². The van der Waals surface area contributed by atoms with E-state index in [0.717, 1.165) is 0 Å². The van der Waals surface area contributed by atoms with Gasteiger partial charge in [0.1, 0.15) is 5.82 Å². The van der Waals surface area contributed by atoms with Crippen molar-refractivity contribution in [3.05, 3.63) is 64.9 Å². The minimum absolute atomic E-state index is 0.00409. The van der Waals surface area contributed by atoms with Crippen LogP contribution in [0.15, 0.2) is 48.5 Å². The third-order valence-corrected chi connectivity index (χ3v) is 4.61. The summed E-state index contributed by atoms with van der Waals surface area (Å²) in [6, 6.07) is 13.4. The maximum atomic E-state index is 13.6. The number of anilines is 1. The summed E-state index contributed by atoms with van der Waals surface area (Å²) in [6.45, 7) is 0. The summed E-state index contributed by atoms with van der Waals surface area (Å²) in [5, 5.41) is 2.96. The number of rotatable bonds is 6. The Kier molecular flexibility index (Phi) is 6.10. The van der Waals surface area contributed by atoms with Gasteiger partial charge in [-0.25, -0.2) is 4.39 Å². The standard InChI is InChI=1S/C16H15ClFNO2S/c17-14-7-4-8-15(18)13(14)11-22(21)10-9-16(20)19-12-5-2-1-3-6-12/h1-8H,9-11H2,(H,19,20). The fraction of sp³-hybridized carbons (Fsp3) is 0.188. The highest BCUT2D eigenvalue weighted by Crippen LogP contribution is 2.20. The van der Waals surface area contributed by atoms with Crippen LogP contribution in [-0.2, 0) is 21.3 Å². The summed E-state index contributed by atoms with van der Waals surface area (Å²) in [7, 11) is -1.36. The van der Waals surface area contributed by atoms with Gasteiger partial charge in [0.05, 0.1) is 5.75 Å². The molecule has 2 aromatic carbocycles. The summed E-state index contributed by atoms with van der Waals surface area (Å²) in [6.07, 6.45) is 0.105. The van der Waals surface area contributed by atoms with E-state index >= 15 is 0 Å². The predicted molar refractivity (Wildman–Crippen MR) is 87.8 cm³/mol. The lowest BCUT2D eigenvalue weighted by molar-refractivity contribution is -0.115. The number of carbonyl (C=O) groups excluding carboxylic acids is 1. The molecule has 6 heteroatoms. The normalized spacial score (nSPS) is 11.9. The van der Waals surface area contributed by atoms with Crippen molar-refractivity contribution < 1.29 is 13.4 Å². The van der Waals surface area contributed by atoms with Crippen molar-refractivity contribution in [2.75, 3.05) is 11.1 Å². The Morgan fingerprint density at radius 1 is 1.14 bits per heavy atom. The van der Waals surface area contributed by atoms with Crippen LogP contribution in [0.3, 0.4) is 0 Å². The molecule has 0 saturated carbocycles. The average molecular weight is 340 g/mol. The molecule has 1 atom stereocenters. The third-order valence-electron chi connectivity index (χ3n) is 2.98. The Labute approximate surface area is 136 Å². The molecular formula is C16H15ClFNO2S. The number of para-hydroxylation sites is 1. The lowest BCUT2D eigenvalue weighted by atomic mass is 10.2. The second-order valence-electron chi connectivity index (χ2n) is 4.65. The van der Waals surface area contributed by atoms with Crippen molar-refractivity contribution in [2.45, 2.75) is 12.2 Å². The summed E-state index contributed by atoms with van der Waals surface area (Å²) < 4.78 is 25.6. The average Bonchev–Trinajstić information content (AvgIpc) is 2.50. The highest BCUT2D eigenvalue weighted by molar-refractivity contribution is 7.84. The maximum absolute atomic E-state index is 13.6. The number of carbonyl (C=O) groups is 1. The molecule has 0 radical (unpaired) electrons. The molecule has 116 valence electrons. The van der Waals surface area contributed by atoms with E-state index < -0.39 is 16.6 Å². The zero-order chi connectivity index (χ0) is 15.9. The van der Waals surface area contributed by atoms with E-state index in [2.05, 4.69) is 5.32 Å². The van der Waals surface area contributed by atoms with E-state index in [0.29, 0.717) is 5.69 Å². The maximum Gasteiger partial charge on any atom is 0.225 e.